The third-order valence-electron chi connectivity index (χ3n) is 1.71. The topological polar surface area (TPSA) is 55.8 Å². The zero-order valence-corrected chi connectivity index (χ0v) is 8.45. The van der Waals surface area contributed by atoms with E-state index in [4.69, 9.17) is 14.6 Å². The first-order chi connectivity index (χ1) is 6.10. The van der Waals surface area contributed by atoms with Gasteiger partial charge in [0.1, 0.15) is 5.78 Å². The number of hydrogen-bond acceptors (Lipinski definition) is 4. The molecule has 0 heterocycles. The lowest BCUT2D eigenvalue weighted by Crippen LogP contribution is -2.16. The lowest BCUT2D eigenvalue weighted by molar-refractivity contribution is -0.128. The number of hydrogen-bond donors (Lipinski definition) is 1. The largest absolute Gasteiger partial charge is 0.393 e. The van der Waals surface area contributed by atoms with Gasteiger partial charge in [-0.3, -0.25) is 4.79 Å². The molecule has 0 radical (unpaired) electrons. The van der Waals surface area contributed by atoms with Gasteiger partial charge in [-0.25, -0.2) is 0 Å². The first kappa shape index (κ1) is 12.6. The van der Waals surface area contributed by atoms with Crippen LogP contribution in [0.5, 0.6) is 0 Å². The SMILES string of the molecule is COC(CCC(=O)C[C@@H](C)O)OC. The normalized spacial score (nSPS) is 13.3. The van der Waals surface area contributed by atoms with Crippen molar-refractivity contribution in [2.75, 3.05) is 14.2 Å². The number of Topliss-reactive ketones (excluding diaryl/α,β-unsaturated/α-hetero) is 1. The van der Waals surface area contributed by atoms with Crippen LogP contribution in [0.1, 0.15) is 26.2 Å². The van der Waals surface area contributed by atoms with E-state index in [-0.39, 0.29) is 18.5 Å². The Kier molecular flexibility index (Phi) is 6.76. The monoisotopic (exact) mass is 190 g/mol. The van der Waals surface area contributed by atoms with Crippen molar-refractivity contribution in [3.63, 3.8) is 0 Å². The van der Waals surface area contributed by atoms with Crippen LogP contribution in [-0.4, -0.2) is 37.5 Å². The van der Waals surface area contributed by atoms with Crippen molar-refractivity contribution in [1.82, 2.24) is 0 Å². The molecule has 0 aliphatic carbocycles. The summed E-state index contributed by atoms with van der Waals surface area (Å²) in [4.78, 5) is 11.1. The Balaban J connectivity index is 3.56. The summed E-state index contributed by atoms with van der Waals surface area (Å²) >= 11 is 0. The highest BCUT2D eigenvalue weighted by molar-refractivity contribution is 5.78. The van der Waals surface area contributed by atoms with Gasteiger partial charge >= 0.3 is 0 Å². The fourth-order valence-corrected chi connectivity index (χ4v) is 1.04. The molecule has 0 fully saturated rings. The summed E-state index contributed by atoms with van der Waals surface area (Å²) in [5, 5.41) is 8.92. The number of rotatable bonds is 7. The standard InChI is InChI=1S/C9H18O4/c1-7(10)6-8(11)4-5-9(12-2)13-3/h7,9-10H,4-6H2,1-3H3/t7-/m1/s1. The Labute approximate surface area is 78.8 Å². The number of methoxy groups -OCH3 is 2. The van der Waals surface area contributed by atoms with Crippen LogP contribution in [0, 0.1) is 0 Å². The first-order valence-electron chi connectivity index (χ1n) is 4.35. The highest BCUT2D eigenvalue weighted by Gasteiger charge is 2.10. The predicted octanol–water partition coefficient (Wildman–Crippen LogP) is 0.726. The quantitative estimate of drug-likeness (QED) is 0.601. The van der Waals surface area contributed by atoms with Gasteiger partial charge in [0.25, 0.3) is 0 Å². The Morgan fingerprint density at radius 1 is 1.38 bits per heavy atom. The Morgan fingerprint density at radius 2 is 1.92 bits per heavy atom. The summed E-state index contributed by atoms with van der Waals surface area (Å²) in [5.74, 6) is 0.0362. The van der Waals surface area contributed by atoms with Gasteiger partial charge in [-0.1, -0.05) is 0 Å². The molecule has 0 aliphatic heterocycles. The molecule has 1 N–H and O–H groups in total. The lowest BCUT2D eigenvalue weighted by Gasteiger charge is -2.12. The molecule has 4 nitrogen and oxygen atoms in total. The van der Waals surface area contributed by atoms with E-state index in [1.807, 2.05) is 0 Å². The molecule has 0 aromatic carbocycles. The van der Waals surface area contributed by atoms with Gasteiger partial charge < -0.3 is 14.6 Å². The maximum atomic E-state index is 11.1. The molecular formula is C9H18O4. The molecule has 0 rings (SSSR count). The first-order valence-corrected chi connectivity index (χ1v) is 4.35. The zero-order valence-electron chi connectivity index (χ0n) is 8.45. The van der Waals surface area contributed by atoms with E-state index < -0.39 is 6.10 Å². The highest BCUT2D eigenvalue weighted by atomic mass is 16.7. The average molecular weight is 190 g/mol. The van der Waals surface area contributed by atoms with Gasteiger partial charge in [-0.2, -0.15) is 0 Å². The average Bonchev–Trinajstić information content (AvgIpc) is 2.05. The molecule has 78 valence electrons. The summed E-state index contributed by atoms with van der Waals surface area (Å²) in [5.41, 5.74) is 0. The molecule has 0 aromatic rings. The molecule has 0 spiro atoms. The van der Waals surface area contributed by atoms with Crippen molar-refractivity contribution in [3.05, 3.63) is 0 Å². The second kappa shape index (κ2) is 7.00. The van der Waals surface area contributed by atoms with Crippen LogP contribution < -0.4 is 0 Å². The minimum atomic E-state index is -0.559. The van der Waals surface area contributed by atoms with E-state index in [2.05, 4.69) is 0 Å². The smallest absolute Gasteiger partial charge is 0.157 e. The number of ether oxygens (including phenoxy) is 2. The predicted molar refractivity (Wildman–Crippen MR) is 48.3 cm³/mol. The summed E-state index contributed by atoms with van der Waals surface area (Å²) in [6.07, 6.45) is 0.254. The number of carbonyl (C=O) groups is 1. The number of ketones is 1. The Morgan fingerprint density at radius 3 is 2.31 bits per heavy atom. The maximum absolute atomic E-state index is 11.1. The molecule has 0 amide bonds. The molecule has 0 unspecified atom stereocenters. The van der Waals surface area contributed by atoms with E-state index in [1.54, 1.807) is 6.92 Å². The van der Waals surface area contributed by atoms with Crippen LogP contribution in [0.3, 0.4) is 0 Å². The highest BCUT2D eigenvalue weighted by Crippen LogP contribution is 2.05. The third kappa shape index (κ3) is 6.69. The minimum absolute atomic E-state index is 0.0362. The molecule has 4 heteroatoms. The van der Waals surface area contributed by atoms with Crippen molar-refractivity contribution in [2.24, 2.45) is 0 Å². The van der Waals surface area contributed by atoms with E-state index >= 15 is 0 Å². The van der Waals surface area contributed by atoms with Gasteiger partial charge in [-0.05, 0) is 6.92 Å². The fraction of sp³-hybridized carbons (Fsp3) is 0.889. The van der Waals surface area contributed by atoms with Crippen LogP contribution in [0.25, 0.3) is 0 Å². The zero-order chi connectivity index (χ0) is 10.3. The molecule has 0 aromatic heterocycles. The van der Waals surface area contributed by atoms with Crippen LogP contribution in [0.4, 0.5) is 0 Å². The lowest BCUT2D eigenvalue weighted by atomic mass is 10.1. The van der Waals surface area contributed by atoms with Crippen molar-refractivity contribution in [2.45, 2.75) is 38.6 Å². The Hall–Kier alpha value is -0.450. The molecule has 1 atom stereocenters. The second-order valence-electron chi connectivity index (χ2n) is 3.03. The third-order valence-corrected chi connectivity index (χ3v) is 1.71. The summed E-state index contributed by atoms with van der Waals surface area (Å²) in [6, 6.07) is 0. The molecule has 0 saturated carbocycles. The van der Waals surface area contributed by atoms with Crippen LogP contribution >= 0.6 is 0 Å². The van der Waals surface area contributed by atoms with Crippen LogP contribution in [0.2, 0.25) is 0 Å². The van der Waals surface area contributed by atoms with Gasteiger partial charge in [0.05, 0.1) is 6.10 Å². The van der Waals surface area contributed by atoms with Crippen LogP contribution in [-0.2, 0) is 14.3 Å². The number of aliphatic hydroxyl groups excluding tert-OH is 1. The Bertz CT molecular complexity index is 141. The van der Waals surface area contributed by atoms with Crippen molar-refractivity contribution in [1.29, 1.82) is 0 Å². The molecule has 0 bridgehead atoms. The van der Waals surface area contributed by atoms with Crippen molar-refractivity contribution >= 4 is 5.78 Å². The summed E-state index contributed by atoms with van der Waals surface area (Å²) < 4.78 is 9.84. The molecule has 0 aliphatic rings. The van der Waals surface area contributed by atoms with Gasteiger partial charge in [0, 0.05) is 33.5 Å². The molecular weight excluding hydrogens is 172 g/mol. The maximum Gasteiger partial charge on any atom is 0.157 e. The van der Waals surface area contributed by atoms with Gasteiger partial charge in [-0.15, -0.1) is 0 Å². The van der Waals surface area contributed by atoms with Crippen molar-refractivity contribution in [3.8, 4) is 0 Å². The minimum Gasteiger partial charge on any atom is -0.393 e. The number of carbonyl (C=O) groups excluding carboxylic acids is 1. The number of aliphatic hydroxyl groups is 1. The second-order valence-corrected chi connectivity index (χ2v) is 3.03. The van der Waals surface area contributed by atoms with E-state index in [0.29, 0.717) is 12.8 Å². The van der Waals surface area contributed by atoms with E-state index in [9.17, 15) is 4.79 Å². The fourth-order valence-electron chi connectivity index (χ4n) is 1.04. The molecule has 13 heavy (non-hydrogen) atoms. The molecule has 0 saturated heterocycles. The van der Waals surface area contributed by atoms with Crippen molar-refractivity contribution < 1.29 is 19.4 Å². The van der Waals surface area contributed by atoms with E-state index in [1.165, 1.54) is 14.2 Å². The van der Waals surface area contributed by atoms with E-state index in [0.717, 1.165) is 0 Å². The van der Waals surface area contributed by atoms with Gasteiger partial charge in [0.2, 0.25) is 0 Å². The van der Waals surface area contributed by atoms with Crippen LogP contribution in [0.15, 0.2) is 0 Å². The summed E-state index contributed by atoms with van der Waals surface area (Å²) in [7, 11) is 3.07. The van der Waals surface area contributed by atoms with Gasteiger partial charge in [0.15, 0.2) is 6.29 Å². The summed E-state index contributed by atoms with van der Waals surface area (Å²) in [6.45, 7) is 1.60.